The molecule has 1 N–H and O–H groups in total. The fourth-order valence-corrected chi connectivity index (χ4v) is 4.07. The van der Waals surface area contributed by atoms with Crippen LogP contribution in [0.25, 0.3) is 0 Å². The van der Waals surface area contributed by atoms with Crippen LogP contribution in [0.1, 0.15) is 52.7 Å². The highest BCUT2D eigenvalue weighted by molar-refractivity contribution is 5.77. The van der Waals surface area contributed by atoms with Gasteiger partial charge in [-0.15, -0.1) is 0 Å². The highest BCUT2D eigenvalue weighted by Gasteiger charge is 2.30. The summed E-state index contributed by atoms with van der Waals surface area (Å²) in [6, 6.07) is 10.5. The first-order valence-electron chi connectivity index (χ1n) is 9.87. The van der Waals surface area contributed by atoms with Gasteiger partial charge in [-0.3, -0.25) is 4.79 Å². The number of rotatable bonds is 6. The molecule has 0 radical (unpaired) electrons. The highest BCUT2D eigenvalue weighted by Crippen LogP contribution is 2.30. The van der Waals surface area contributed by atoms with E-state index < -0.39 is 0 Å². The second-order valence-corrected chi connectivity index (χ2v) is 7.56. The Balaban J connectivity index is 1.42. The van der Waals surface area contributed by atoms with E-state index in [9.17, 15) is 4.79 Å². The molecule has 0 bridgehead atoms. The number of carbonyl (C=O) groups excluding carboxylic acids is 1. The van der Waals surface area contributed by atoms with E-state index in [-0.39, 0.29) is 11.8 Å². The molecule has 0 fully saturated rings. The first kappa shape index (κ1) is 18.5. The van der Waals surface area contributed by atoms with E-state index in [1.165, 1.54) is 5.56 Å². The lowest BCUT2D eigenvalue weighted by Crippen LogP contribution is -2.38. The van der Waals surface area contributed by atoms with Crippen LogP contribution >= 0.6 is 0 Å². The second kappa shape index (κ2) is 8.00. The minimum atomic E-state index is 0.171. The van der Waals surface area contributed by atoms with Crippen molar-refractivity contribution >= 4 is 5.91 Å². The molecule has 1 aromatic carbocycles. The number of fused-ring (bicyclic) bond motifs is 1. The molecular formula is C22H26N4O2. The number of aromatic amines is 1. The van der Waals surface area contributed by atoms with Crippen LogP contribution < -0.4 is 0 Å². The third kappa shape index (κ3) is 3.86. The fraction of sp³-hybridized carbons (Fsp3) is 0.409. The number of H-pyrrole nitrogens is 1. The minimum absolute atomic E-state index is 0.171. The van der Waals surface area contributed by atoms with E-state index in [2.05, 4.69) is 39.4 Å². The number of nitrogens with one attached hydrogen (secondary N) is 1. The van der Waals surface area contributed by atoms with Gasteiger partial charge in [-0.1, -0.05) is 35.5 Å². The topological polar surface area (TPSA) is 75.0 Å². The summed E-state index contributed by atoms with van der Waals surface area (Å²) in [5, 5.41) is 3.98. The maximum atomic E-state index is 12.9. The maximum absolute atomic E-state index is 12.9. The molecule has 1 unspecified atom stereocenters. The molecule has 6 nitrogen and oxygen atoms in total. The lowest BCUT2D eigenvalue weighted by Gasteiger charge is -2.32. The van der Waals surface area contributed by atoms with Crippen molar-refractivity contribution in [2.45, 2.75) is 52.0 Å². The Morgan fingerprint density at radius 1 is 1.25 bits per heavy atom. The quantitative estimate of drug-likeness (QED) is 0.710. The molecule has 0 saturated heterocycles. The Hall–Kier alpha value is -2.89. The molecule has 3 heterocycles. The maximum Gasteiger partial charge on any atom is 0.223 e. The minimum Gasteiger partial charge on any atom is -0.361 e. The Morgan fingerprint density at radius 3 is 2.82 bits per heavy atom. The number of imidazole rings is 1. The SMILES string of the molecule is Cc1noc(C)c1CCC(=O)N1Cc2[nH]cnc2C(CCc2ccccc2)C1. The van der Waals surface area contributed by atoms with Gasteiger partial charge in [-0.2, -0.15) is 0 Å². The molecular weight excluding hydrogens is 352 g/mol. The number of aromatic nitrogens is 3. The van der Waals surface area contributed by atoms with Gasteiger partial charge in [0.05, 0.1) is 30.0 Å². The van der Waals surface area contributed by atoms with Crippen molar-refractivity contribution in [3.05, 3.63) is 70.6 Å². The third-order valence-corrected chi connectivity index (χ3v) is 5.68. The Bertz CT molecular complexity index is 925. The molecule has 4 rings (SSSR count). The zero-order valence-corrected chi connectivity index (χ0v) is 16.4. The molecule has 0 spiro atoms. The lowest BCUT2D eigenvalue weighted by molar-refractivity contribution is -0.132. The molecule has 1 aliphatic rings. The van der Waals surface area contributed by atoms with Crippen LogP contribution in [-0.2, 0) is 24.2 Å². The largest absolute Gasteiger partial charge is 0.361 e. The van der Waals surface area contributed by atoms with E-state index in [4.69, 9.17) is 4.52 Å². The van der Waals surface area contributed by atoms with E-state index in [1.807, 2.05) is 24.8 Å². The Labute approximate surface area is 165 Å². The van der Waals surface area contributed by atoms with Crippen LogP contribution in [0.3, 0.4) is 0 Å². The average molecular weight is 378 g/mol. The standard InChI is InChI=1S/C22H26N4O2/c1-15-19(16(2)28-25-15)10-11-21(27)26-12-18(22-20(13-26)23-14-24-22)9-8-17-6-4-3-5-7-17/h3-7,14,18H,8-13H2,1-2H3,(H,23,24). The summed E-state index contributed by atoms with van der Waals surface area (Å²) in [5.74, 6) is 1.24. The van der Waals surface area contributed by atoms with Crippen molar-refractivity contribution in [1.29, 1.82) is 0 Å². The van der Waals surface area contributed by atoms with Crippen molar-refractivity contribution in [3.63, 3.8) is 0 Å². The summed E-state index contributed by atoms with van der Waals surface area (Å²) < 4.78 is 5.21. The number of benzene rings is 1. The summed E-state index contributed by atoms with van der Waals surface area (Å²) in [6.07, 6.45) is 4.85. The number of hydrogen-bond donors (Lipinski definition) is 1. The molecule has 1 atom stereocenters. The molecule has 28 heavy (non-hydrogen) atoms. The van der Waals surface area contributed by atoms with Crippen molar-refractivity contribution in [2.24, 2.45) is 0 Å². The van der Waals surface area contributed by atoms with E-state index in [0.29, 0.717) is 19.4 Å². The predicted molar refractivity (Wildman–Crippen MR) is 106 cm³/mol. The van der Waals surface area contributed by atoms with Gasteiger partial charge in [-0.05, 0) is 38.7 Å². The van der Waals surface area contributed by atoms with Gasteiger partial charge in [0.25, 0.3) is 0 Å². The van der Waals surface area contributed by atoms with Crippen LogP contribution in [0, 0.1) is 13.8 Å². The summed E-state index contributed by atoms with van der Waals surface area (Å²) >= 11 is 0. The van der Waals surface area contributed by atoms with E-state index >= 15 is 0 Å². The van der Waals surface area contributed by atoms with Gasteiger partial charge in [0.2, 0.25) is 5.91 Å². The van der Waals surface area contributed by atoms with Crippen molar-refractivity contribution in [3.8, 4) is 0 Å². The number of aryl methyl sites for hydroxylation is 3. The molecule has 1 amide bonds. The van der Waals surface area contributed by atoms with Crippen molar-refractivity contribution < 1.29 is 9.32 Å². The molecule has 0 aliphatic carbocycles. The first-order valence-corrected chi connectivity index (χ1v) is 9.87. The van der Waals surface area contributed by atoms with Gasteiger partial charge in [0.15, 0.2) is 0 Å². The molecule has 0 saturated carbocycles. The van der Waals surface area contributed by atoms with Crippen LogP contribution in [0.2, 0.25) is 0 Å². The van der Waals surface area contributed by atoms with Crippen LogP contribution in [0.4, 0.5) is 0 Å². The molecule has 1 aliphatic heterocycles. The zero-order chi connectivity index (χ0) is 19.5. The van der Waals surface area contributed by atoms with E-state index in [0.717, 1.165) is 47.8 Å². The Morgan fingerprint density at radius 2 is 2.07 bits per heavy atom. The number of amides is 1. The predicted octanol–water partition coefficient (Wildman–Crippen LogP) is 3.71. The van der Waals surface area contributed by atoms with Gasteiger partial charge in [0.1, 0.15) is 5.76 Å². The van der Waals surface area contributed by atoms with Gasteiger partial charge in [-0.25, -0.2) is 4.98 Å². The summed E-state index contributed by atoms with van der Waals surface area (Å²) in [7, 11) is 0. The highest BCUT2D eigenvalue weighted by atomic mass is 16.5. The zero-order valence-electron chi connectivity index (χ0n) is 16.4. The van der Waals surface area contributed by atoms with Gasteiger partial charge < -0.3 is 14.4 Å². The lowest BCUT2D eigenvalue weighted by atomic mass is 9.91. The summed E-state index contributed by atoms with van der Waals surface area (Å²) in [4.78, 5) is 22.6. The van der Waals surface area contributed by atoms with Crippen molar-refractivity contribution in [1.82, 2.24) is 20.0 Å². The monoisotopic (exact) mass is 378 g/mol. The summed E-state index contributed by atoms with van der Waals surface area (Å²) in [5.41, 5.74) is 5.43. The molecule has 2 aromatic heterocycles. The smallest absolute Gasteiger partial charge is 0.223 e. The van der Waals surface area contributed by atoms with Crippen LogP contribution in [0.15, 0.2) is 41.2 Å². The second-order valence-electron chi connectivity index (χ2n) is 7.56. The van der Waals surface area contributed by atoms with Gasteiger partial charge >= 0.3 is 0 Å². The summed E-state index contributed by atoms with van der Waals surface area (Å²) in [6.45, 7) is 5.16. The van der Waals surface area contributed by atoms with E-state index in [1.54, 1.807) is 6.33 Å². The van der Waals surface area contributed by atoms with Crippen molar-refractivity contribution in [2.75, 3.05) is 6.54 Å². The number of nitrogens with zero attached hydrogens (tertiary/aromatic N) is 3. The third-order valence-electron chi connectivity index (χ3n) is 5.68. The average Bonchev–Trinajstić information content (AvgIpc) is 3.31. The van der Waals surface area contributed by atoms with Crippen LogP contribution in [-0.4, -0.2) is 32.5 Å². The molecule has 146 valence electrons. The van der Waals surface area contributed by atoms with Gasteiger partial charge in [0, 0.05) is 24.4 Å². The fourth-order valence-electron chi connectivity index (χ4n) is 4.07. The van der Waals surface area contributed by atoms with Crippen LogP contribution in [0.5, 0.6) is 0 Å². The molecule has 6 heteroatoms. The normalized spacial score (nSPS) is 16.2. The number of carbonyl (C=O) groups is 1. The first-order chi connectivity index (χ1) is 13.6. The molecule has 3 aromatic rings. The number of hydrogen-bond acceptors (Lipinski definition) is 4. The Kier molecular flexibility index (Phi) is 5.28.